The third-order valence-corrected chi connectivity index (χ3v) is 6.37. The van der Waals surface area contributed by atoms with E-state index in [1.807, 2.05) is 24.3 Å². The van der Waals surface area contributed by atoms with Gasteiger partial charge in [-0.25, -0.2) is 0 Å². The molecule has 0 aromatic heterocycles. The summed E-state index contributed by atoms with van der Waals surface area (Å²) in [6, 6.07) is 0. The molecule has 0 spiro atoms. The largest absolute Gasteiger partial charge is 0.481 e. The van der Waals surface area contributed by atoms with Crippen molar-refractivity contribution >= 4 is 5.97 Å². The predicted molar refractivity (Wildman–Crippen MR) is 121 cm³/mol. The Hall–Kier alpha value is -1.21. The minimum absolute atomic E-state index is 0.0148. The fraction of sp³-hybridized carbons (Fsp3) is 0.800. The van der Waals surface area contributed by atoms with Gasteiger partial charge in [0.15, 0.2) is 5.79 Å². The number of rotatable bonds is 12. The van der Waals surface area contributed by atoms with Gasteiger partial charge in [-0.3, -0.25) is 4.79 Å². The Balaban J connectivity index is 2.02. The maximum Gasteiger partial charge on any atom is 0.303 e. The van der Waals surface area contributed by atoms with Crippen LogP contribution in [0.25, 0.3) is 0 Å². The molecule has 0 unspecified atom stereocenters. The highest BCUT2D eigenvalue weighted by molar-refractivity contribution is 5.66. The second-order valence-corrected chi connectivity index (χ2v) is 9.97. The van der Waals surface area contributed by atoms with Crippen molar-refractivity contribution < 1.29 is 29.6 Å². The first-order valence-electron chi connectivity index (χ1n) is 11.9. The second kappa shape index (κ2) is 12.1. The van der Waals surface area contributed by atoms with Crippen molar-refractivity contribution in [2.45, 2.75) is 96.6 Å². The zero-order valence-corrected chi connectivity index (χ0v) is 19.5. The van der Waals surface area contributed by atoms with E-state index in [4.69, 9.17) is 14.6 Å². The van der Waals surface area contributed by atoms with Gasteiger partial charge in [-0.1, -0.05) is 51.8 Å². The van der Waals surface area contributed by atoms with E-state index in [1.165, 1.54) is 0 Å². The molecule has 2 fully saturated rings. The van der Waals surface area contributed by atoms with E-state index < -0.39 is 24.0 Å². The number of aliphatic carboxylic acids is 1. The summed E-state index contributed by atoms with van der Waals surface area (Å²) in [4.78, 5) is 10.6. The molecule has 3 N–H and O–H groups in total. The Morgan fingerprint density at radius 3 is 2.42 bits per heavy atom. The lowest BCUT2D eigenvalue weighted by atomic mass is 9.88. The average Bonchev–Trinajstić information content (AvgIpc) is 2.97. The number of allylic oxidation sites excluding steroid dienone is 2. The van der Waals surface area contributed by atoms with E-state index >= 15 is 0 Å². The molecule has 0 bridgehead atoms. The first kappa shape index (κ1) is 26.0. The van der Waals surface area contributed by atoms with Gasteiger partial charge in [-0.2, -0.15) is 0 Å². The van der Waals surface area contributed by atoms with Crippen LogP contribution in [0.4, 0.5) is 0 Å². The molecule has 0 aromatic rings. The van der Waals surface area contributed by atoms with E-state index in [0.717, 1.165) is 25.7 Å². The summed E-state index contributed by atoms with van der Waals surface area (Å²) >= 11 is 0. The van der Waals surface area contributed by atoms with Crippen LogP contribution in [0.5, 0.6) is 0 Å². The van der Waals surface area contributed by atoms with Crippen LogP contribution in [0.15, 0.2) is 24.3 Å². The SMILES string of the molecule is CCCCCC1(/C=C/[C@@H]2[C@@H](C/C=C\CCCC(=O)O)[C@@H](O)C[C@H]2O)OCC(C)(C)CO1. The monoisotopic (exact) mass is 438 g/mol. The number of aliphatic hydroxyl groups excluding tert-OH is 2. The van der Waals surface area contributed by atoms with E-state index in [9.17, 15) is 15.0 Å². The summed E-state index contributed by atoms with van der Waals surface area (Å²) in [5.74, 6) is -1.77. The molecule has 0 radical (unpaired) electrons. The highest BCUT2D eigenvalue weighted by Gasteiger charge is 2.42. The van der Waals surface area contributed by atoms with E-state index in [0.29, 0.717) is 38.9 Å². The maximum atomic E-state index is 10.6. The Morgan fingerprint density at radius 1 is 1.06 bits per heavy atom. The van der Waals surface area contributed by atoms with E-state index in [-0.39, 0.29) is 23.7 Å². The molecule has 0 amide bonds. The Bertz CT molecular complexity index is 601. The highest BCUT2D eigenvalue weighted by Crippen LogP contribution is 2.39. The summed E-state index contributed by atoms with van der Waals surface area (Å²) < 4.78 is 12.4. The van der Waals surface area contributed by atoms with Crippen molar-refractivity contribution in [3.63, 3.8) is 0 Å². The topological polar surface area (TPSA) is 96.2 Å². The molecule has 6 heteroatoms. The highest BCUT2D eigenvalue weighted by atomic mass is 16.7. The normalized spacial score (nSPS) is 30.4. The minimum Gasteiger partial charge on any atom is -0.481 e. The minimum atomic E-state index is -0.781. The molecule has 31 heavy (non-hydrogen) atoms. The van der Waals surface area contributed by atoms with Crippen LogP contribution < -0.4 is 0 Å². The van der Waals surface area contributed by atoms with Gasteiger partial charge >= 0.3 is 5.97 Å². The van der Waals surface area contributed by atoms with Crippen LogP contribution in [0.3, 0.4) is 0 Å². The number of hydrogen-bond donors (Lipinski definition) is 3. The van der Waals surface area contributed by atoms with Crippen LogP contribution in [0, 0.1) is 17.3 Å². The summed E-state index contributed by atoms with van der Waals surface area (Å²) in [6.45, 7) is 7.68. The van der Waals surface area contributed by atoms with Crippen LogP contribution in [-0.2, 0) is 14.3 Å². The van der Waals surface area contributed by atoms with Crippen LogP contribution in [-0.4, -0.2) is 52.5 Å². The number of carbonyl (C=O) groups is 1. The molecule has 2 rings (SSSR count). The average molecular weight is 439 g/mol. The Labute approximate surface area is 187 Å². The number of carboxylic acid groups (broad SMARTS) is 1. The maximum absolute atomic E-state index is 10.6. The van der Waals surface area contributed by atoms with Gasteiger partial charge in [0.1, 0.15) is 0 Å². The van der Waals surface area contributed by atoms with Crippen molar-refractivity contribution in [3.05, 3.63) is 24.3 Å². The van der Waals surface area contributed by atoms with Crippen molar-refractivity contribution in [2.24, 2.45) is 17.3 Å². The predicted octanol–water partition coefficient (Wildman–Crippen LogP) is 4.45. The molecule has 6 nitrogen and oxygen atoms in total. The van der Waals surface area contributed by atoms with Crippen molar-refractivity contribution in [1.29, 1.82) is 0 Å². The summed E-state index contributed by atoms with van der Waals surface area (Å²) in [5, 5.41) is 29.8. The quantitative estimate of drug-likeness (QED) is 0.308. The number of unbranched alkanes of at least 4 members (excludes halogenated alkanes) is 3. The van der Waals surface area contributed by atoms with E-state index in [2.05, 4.69) is 20.8 Å². The molecular formula is C25H42O6. The van der Waals surface area contributed by atoms with Gasteiger partial charge in [0.2, 0.25) is 0 Å². The van der Waals surface area contributed by atoms with Crippen molar-refractivity contribution in [1.82, 2.24) is 0 Å². The summed E-state index contributed by atoms with van der Waals surface area (Å²) in [6.07, 6.45) is 13.3. The van der Waals surface area contributed by atoms with Gasteiger partial charge in [0.25, 0.3) is 0 Å². The number of carboxylic acids is 1. The molecule has 4 atom stereocenters. The van der Waals surface area contributed by atoms with Crippen LogP contribution >= 0.6 is 0 Å². The summed E-state index contributed by atoms with van der Waals surface area (Å²) in [5.41, 5.74) is -0.0148. The number of ether oxygens (including phenoxy) is 2. The van der Waals surface area contributed by atoms with Gasteiger partial charge in [0, 0.05) is 30.6 Å². The molecule has 1 aliphatic carbocycles. The Kier molecular flexibility index (Phi) is 10.2. The molecule has 1 saturated heterocycles. The number of hydrogen-bond acceptors (Lipinski definition) is 5. The standard InChI is InChI=1S/C25H42O6/c1-4-5-10-14-25(30-17-24(2,3)18-31-25)15-13-20-19(21(26)16-22(20)27)11-8-6-7-9-12-23(28)29/h6,8,13,15,19-22,26-27H,4-5,7,9-12,14,16-18H2,1-3H3,(H,28,29)/b8-6-,15-13+/t19-,20-,21+,22-/m1/s1. The fourth-order valence-electron chi connectivity index (χ4n) is 4.37. The van der Waals surface area contributed by atoms with Gasteiger partial charge < -0.3 is 24.8 Å². The number of aliphatic hydroxyl groups is 2. The van der Waals surface area contributed by atoms with Gasteiger partial charge in [-0.05, 0) is 37.7 Å². The zero-order chi connectivity index (χ0) is 22.9. The van der Waals surface area contributed by atoms with Crippen molar-refractivity contribution in [3.8, 4) is 0 Å². The van der Waals surface area contributed by atoms with E-state index in [1.54, 1.807) is 0 Å². The second-order valence-electron chi connectivity index (χ2n) is 9.97. The lowest BCUT2D eigenvalue weighted by Crippen LogP contribution is -2.46. The van der Waals surface area contributed by atoms with Crippen LogP contribution in [0.2, 0.25) is 0 Å². The molecule has 0 aromatic carbocycles. The lowest BCUT2D eigenvalue weighted by molar-refractivity contribution is -0.275. The molecule has 1 aliphatic heterocycles. The first-order valence-corrected chi connectivity index (χ1v) is 11.9. The molecular weight excluding hydrogens is 396 g/mol. The molecule has 178 valence electrons. The molecule has 1 saturated carbocycles. The smallest absolute Gasteiger partial charge is 0.303 e. The Morgan fingerprint density at radius 2 is 1.77 bits per heavy atom. The van der Waals surface area contributed by atoms with Gasteiger partial charge in [-0.15, -0.1) is 0 Å². The molecule has 1 heterocycles. The van der Waals surface area contributed by atoms with Gasteiger partial charge in [0.05, 0.1) is 25.4 Å². The first-order chi connectivity index (χ1) is 14.7. The third kappa shape index (κ3) is 8.33. The summed E-state index contributed by atoms with van der Waals surface area (Å²) in [7, 11) is 0. The fourth-order valence-corrected chi connectivity index (χ4v) is 4.37. The zero-order valence-electron chi connectivity index (χ0n) is 19.5. The lowest BCUT2D eigenvalue weighted by Gasteiger charge is -2.42. The van der Waals surface area contributed by atoms with Crippen molar-refractivity contribution in [2.75, 3.05) is 13.2 Å². The van der Waals surface area contributed by atoms with Crippen LogP contribution in [0.1, 0.15) is 78.6 Å². The molecule has 2 aliphatic rings. The third-order valence-electron chi connectivity index (χ3n) is 6.37.